The smallest absolute Gasteiger partial charge is 0.244 e. The SMILES string of the molecule is Cc1oc(-c2ccno2)cc1S(=O)(=O)NCc1cccs1. The van der Waals surface area contributed by atoms with Gasteiger partial charge in [0.05, 0.1) is 6.20 Å². The number of rotatable bonds is 5. The second-order valence-electron chi connectivity index (χ2n) is 4.31. The molecule has 3 heterocycles. The van der Waals surface area contributed by atoms with Gasteiger partial charge in [-0.3, -0.25) is 0 Å². The molecule has 8 heteroatoms. The maximum atomic E-state index is 12.3. The van der Waals surface area contributed by atoms with Gasteiger partial charge in [-0.15, -0.1) is 11.3 Å². The Morgan fingerprint density at radius 3 is 2.86 bits per heavy atom. The van der Waals surface area contributed by atoms with Crippen LogP contribution in [-0.4, -0.2) is 13.6 Å². The van der Waals surface area contributed by atoms with Crippen molar-refractivity contribution in [3.8, 4) is 11.5 Å². The average molecular weight is 324 g/mol. The zero-order valence-corrected chi connectivity index (χ0v) is 12.7. The van der Waals surface area contributed by atoms with Crippen LogP contribution in [0.3, 0.4) is 0 Å². The molecule has 0 spiro atoms. The predicted octanol–water partition coefficient (Wildman–Crippen LogP) is 2.78. The first-order valence-electron chi connectivity index (χ1n) is 6.10. The van der Waals surface area contributed by atoms with Crippen molar-refractivity contribution in [2.24, 2.45) is 0 Å². The number of furan rings is 1. The standard InChI is InChI=1S/C13H12N2O4S2/c1-9-13(7-12(18-9)11-4-5-14-19-11)21(16,17)15-8-10-3-2-6-20-10/h2-7,15H,8H2,1H3. The molecule has 0 aliphatic heterocycles. The van der Waals surface area contributed by atoms with Gasteiger partial charge in [-0.05, 0) is 18.4 Å². The van der Waals surface area contributed by atoms with E-state index >= 15 is 0 Å². The normalized spacial score (nSPS) is 11.9. The summed E-state index contributed by atoms with van der Waals surface area (Å²) in [4.78, 5) is 1.04. The summed E-state index contributed by atoms with van der Waals surface area (Å²) >= 11 is 1.49. The van der Waals surface area contributed by atoms with E-state index in [0.29, 0.717) is 17.3 Å². The molecule has 0 unspecified atom stereocenters. The van der Waals surface area contributed by atoms with Gasteiger partial charge in [0.15, 0.2) is 5.76 Å². The number of nitrogens with one attached hydrogen (secondary N) is 1. The molecule has 3 aromatic rings. The minimum absolute atomic E-state index is 0.102. The van der Waals surface area contributed by atoms with Crippen molar-refractivity contribution in [2.45, 2.75) is 18.4 Å². The number of nitrogens with zero attached hydrogens (tertiary/aromatic N) is 1. The third-order valence-corrected chi connectivity index (χ3v) is 5.24. The Morgan fingerprint density at radius 2 is 2.19 bits per heavy atom. The van der Waals surface area contributed by atoms with Gasteiger partial charge < -0.3 is 8.94 Å². The fourth-order valence-corrected chi connectivity index (χ4v) is 3.77. The number of thiophene rings is 1. The molecule has 0 aliphatic rings. The van der Waals surface area contributed by atoms with Crippen molar-refractivity contribution < 1.29 is 17.4 Å². The monoisotopic (exact) mass is 324 g/mol. The highest BCUT2D eigenvalue weighted by Crippen LogP contribution is 2.28. The van der Waals surface area contributed by atoms with Crippen LogP contribution in [0.1, 0.15) is 10.6 Å². The Labute approximate surface area is 125 Å². The molecule has 0 atom stereocenters. The molecule has 110 valence electrons. The van der Waals surface area contributed by atoms with Crippen LogP contribution in [0.25, 0.3) is 11.5 Å². The Bertz CT molecular complexity index is 818. The van der Waals surface area contributed by atoms with E-state index in [0.717, 1.165) is 4.88 Å². The van der Waals surface area contributed by atoms with Crippen molar-refractivity contribution in [3.05, 3.63) is 46.5 Å². The molecule has 0 radical (unpaired) electrons. The Balaban J connectivity index is 1.85. The summed E-state index contributed by atoms with van der Waals surface area (Å²) in [5.41, 5.74) is 0. The van der Waals surface area contributed by atoms with Gasteiger partial charge in [-0.2, -0.15) is 0 Å². The average Bonchev–Trinajstić information content (AvgIpc) is 3.18. The van der Waals surface area contributed by atoms with Gasteiger partial charge >= 0.3 is 0 Å². The Morgan fingerprint density at radius 1 is 1.33 bits per heavy atom. The summed E-state index contributed by atoms with van der Waals surface area (Å²) in [6.07, 6.45) is 1.47. The number of aryl methyl sites for hydroxylation is 1. The van der Waals surface area contributed by atoms with Crippen molar-refractivity contribution in [3.63, 3.8) is 0 Å². The quantitative estimate of drug-likeness (QED) is 0.780. The molecule has 21 heavy (non-hydrogen) atoms. The highest BCUT2D eigenvalue weighted by atomic mass is 32.2. The van der Waals surface area contributed by atoms with Gasteiger partial charge in [0.2, 0.25) is 15.8 Å². The number of hydrogen-bond acceptors (Lipinski definition) is 6. The molecule has 0 aromatic carbocycles. The van der Waals surface area contributed by atoms with Gasteiger partial charge in [0.1, 0.15) is 10.7 Å². The third-order valence-electron chi connectivity index (χ3n) is 2.86. The highest BCUT2D eigenvalue weighted by Gasteiger charge is 2.23. The molecule has 0 saturated carbocycles. The van der Waals surface area contributed by atoms with E-state index < -0.39 is 10.0 Å². The van der Waals surface area contributed by atoms with Crippen LogP contribution in [0.4, 0.5) is 0 Å². The summed E-state index contributed by atoms with van der Waals surface area (Å²) < 4.78 is 37.6. The summed E-state index contributed by atoms with van der Waals surface area (Å²) in [7, 11) is -3.64. The largest absolute Gasteiger partial charge is 0.457 e. The van der Waals surface area contributed by atoms with E-state index in [2.05, 4.69) is 9.88 Å². The summed E-state index contributed by atoms with van der Waals surface area (Å²) in [5.74, 6) is 1.03. The van der Waals surface area contributed by atoms with Crippen LogP contribution >= 0.6 is 11.3 Å². The van der Waals surface area contributed by atoms with E-state index in [1.54, 1.807) is 13.0 Å². The molecule has 3 aromatic heterocycles. The van der Waals surface area contributed by atoms with E-state index in [-0.39, 0.29) is 11.4 Å². The fraction of sp³-hybridized carbons (Fsp3) is 0.154. The first-order chi connectivity index (χ1) is 10.1. The highest BCUT2D eigenvalue weighted by molar-refractivity contribution is 7.89. The molecule has 0 aliphatic carbocycles. The molecular weight excluding hydrogens is 312 g/mol. The fourth-order valence-electron chi connectivity index (χ4n) is 1.85. The zero-order chi connectivity index (χ0) is 14.9. The lowest BCUT2D eigenvalue weighted by Crippen LogP contribution is -2.22. The Kier molecular flexibility index (Phi) is 3.66. The summed E-state index contributed by atoms with van der Waals surface area (Å²) in [5, 5.41) is 5.47. The van der Waals surface area contributed by atoms with E-state index in [1.165, 1.54) is 23.6 Å². The van der Waals surface area contributed by atoms with Crippen LogP contribution in [-0.2, 0) is 16.6 Å². The number of hydrogen-bond donors (Lipinski definition) is 1. The van der Waals surface area contributed by atoms with Gasteiger partial charge in [0, 0.05) is 23.6 Å². The van der Waals surface area contributed by atoms with Crippen molar-refractivity contribution in [1.82, 2.24) is 9.88 Å². The molecule has 0 amide bonds. The predicted molar refractivity (Wildman–Crippen MR) is 77.3 cm³/mol. The minimum atomic E-state index is -3.64. The molecule has 3 rings (SSSR count). The summed E-state index contributed by atoms with van der Waals surface area (Å²) in [6.45, 7) is 1.85. The molecule has 0 saturated heterocycles. The lowest BCUT2D eigenvalue weighted by molar-refractivity contribution is 0.414. The van der Waals surface area contributed by atoms with Crippen molar-refractivity contribution in [2.75, 3.05) is 0 Å². The van der Waals surface area contributed by atoms with Gasteiger partial charge in [0.25, 0.3) is 0 Å². The van der Waals surface area contributed by atoms with Gasteiger partial charge in [-0.25, -0.2) is 13.1 Å². The molecule has 1 N–H and O–H groups in total. The van der Waals surface area contributed by atoms with Crippen molar-refractivity contribution in [1.29, 1.82) is 0 Å². The van der Waals surface area contributed by atoms with Crippen LogP contribution in [0.2, 0.25) is 0 Å². The zero-order valence-electron chi connectivity index (χ0n) is 11.1. The maximum Gasteiger partial charge on any atom is 0.244 e. The van der Waals surface area contributed by atoms with E-state index in [9.17, 15) is 8.42 Å². The third kappa shape index (κ3) is 2.92. The molecule has 6 nitrogen and oxygen atoms in total. The number of aromatic nitrogens is 1. The van der Waals surface area contributed by atoms with E-state index in [1.807, 2.05) is 17.5 Å². The maximum absolute atomic E-state index is 12.3. The Hall–Kier alpha value is -1.90. The second kappa shape index (κ2) is 5.47. The van der Waals surface area contributed by atoms with E-state index in [4.69, 9.17) is 8.94 Å². The summed E-state index contributed by atoms with van der Waals surface area (Å²) in [6, 6.07) is 6.79. The first-order valence-corrected chi connectivity index (χ1v) is 8.46. The van der Waals surface area contributed by atoms with Crippen molar-refractivity contribution >= 4 is 21.4 Å². The molecule has 0 fully saturated rings. The lowest BCUT2D eigenvalue weighted by atomic mass is 10.3. The lowest BCUT2D eigenvalue weighted by Gasteiger charge is -2.03. The van der Waals surface area contributed by atoms with Crippen LogP contribution in [0, 0.1) is 6.92 Å². The topological polar surface area (TPSA) is 85.3 Å². The van der Waals surface area contributed by atoms with Crippen LogP contribution < -0.4 is 4.72 Å². The minimum Gasteiger partial charge on any atom is -0.457 e. The molecular formula is C13H12N2O4S2. The van der Waals surface area contributed by atoms with Crippen LogP contribution in [0.5, 0.6) is 0 Å². The molecule has 0 bridgehead atoms. The second-order valence-corrected chi connectivity index (χ2v) is 7.08. The number of sulfonamides is 1. The first kappa shape index (κ1) is 14.1. The van der Waals surface area contributed by atoms with Crippen LogP contribution in [0.15, 0.2) is 49.7 Å². The van der Waals surface area contributed by atoms with Gasteiger partial charge in [-0.1, -0.05) is 11.2 Å².